The smallest absolute Gasteiger partial charge is 0.180 e. The van der Waals surface area contributed by atoms with Crippen molar-refractivity contribution in [1.82, 2.24) is 15.0 Å². The maximum Gasteiger partial charge on any atom is 0.180 e. The van der Waals surface area contributed by atoms with Gasteiger partial charge in [-0.05, 0) is 43.4 Å². The van der Waals surface area contributed by atoms with Crippen LogP contribution in [0.4, 0.5) is 5.82 Å². The van der Waals surface area contributed by atoms with Crippen LogP contribution in [0.25, 0.3) is 11.5 Å². The molecule has 0 bridgehead atoms. The average molecular weight is 372 g/mol. The number of hydrogen-bond acceptors (Lipinski definition) is 5. The monoisotopic (exact) mass is 372 g/mol. The number of aromatic nitrogens is 3. The van der Waals surface area contributed by atoms with Gasteiger partial charge in [0, 0.05) is 30.9 Å². The minimum Gasteiger partial charge on any atom is -0.352 e. The molecule has 2 aromatic heterocycles. The number of aryl methyl sites for hydroxylation is 2. The summed E-state index contributed by atoms with van der Waals surface area (Å²) in [5, 5.41) is 0. The molecule has 0 unspecified atom stereocenters. The average Bonchev–Trinajstić information content (AvgIpc) is 3.21. The topological polar surface area (TPSA) is 59.0 Å². The van der Waals surface area contributed by atoms with Crippen LogP contribution in [-0.2, 0) is 24.1 Å². The van der Waals surface area contributed by atoms with Crippen LogP contribution in [0.2, 0.25) is 0 Å². The number of likely N-dealkylation sites (N-methyl/N-ethyl adjacent to an activating group) is 1. The van der Waals surface area contributed by atoms with Crippen LogP contribution in [0, 0.1) is 0 Å². The lowest BCUT2D eigenvalue weighted by Gasteiger charge is -2.21. The summed E-state index contributed by atoms with van der Waals surface area (Å²) >= 11 is 0. The van der Waals surface area contributed by atoms with Crippen molar-refractivity contribution >= 4 is 11.6 Å². The molecule has 2 heterocycles. The maximum atomic E-state index is 12.6. The normalized spacial score (nSPS) is 12.6. The van der Waals surface area contributed by atoms with Crippen LogP contribution < -0.4 is 4.90 Å². The van der Waals surface area contributed by atoms with Gasteiger partial charge >= 0.3 is 0 Å². The zero-order valence-corrected chi connectivity index (χ0v) is 16.1. The summed E-state index contributed by atoms with van der Waals surface area (Å²) in [5.41, 5.74) is 4.23. The fourth-order valence-electron chi connectivity index (χ4n) is 3.68. The molecule has 5 nitrogen and oxygen atoms in total. The molecule has 142 valence electrons. The Morgan fingerprint density at radius 1 is 1.04 bits per heavy atom. The van der Waals surface area contributed by atoms with Crippen LogP contribution in [0.15, 0.2) is 54.7 Å². The van der Waals surface area contributed by atoms with Crippen LogP contribution in [-0.4, -0.2) is 34.3 Å². The molecule has 0 spiro atoms. The van der Waals surface area contributed by atoms with Crippen molar-refractivity contribution in [2.45, 2.75) is 32.1 Å². The molecule has 0 saturated heterocycles. The predicted octanol–water partition coefficient (Wildman–Crippen LogP) is 3.67. The van der Waals surface area contributed by atoms with Crippen LogP contribution in [0.1, 0.15) is 29.7 Å². The van der Waals surface area contributed by atoms with E-state index in [9.17, 15) is 4.79 Å². The molecule has 5 heteroatoms. The summed E-state index contributed by atoms with van der Waals surface area (Å²) < 4.78 is 0. The number of nitrogens with zero attached hydrogens (tertiary/aromatic N) is 4. The number of hydrogen-bond donors (Lipinski definition) is 0. The zero-order valence-electron chi connectivity index (χ0n) is 16.1. The summed E-state index contributed by atoms with van der Waals surface area (Å²) in [6.45, 7) is 0.359. The van der Waals surface area contributed by atoms with Gasteiger partial charge in [-0.15, -0.1) is 0 Å². The second-order valence-corrected chi connectivity index (χ2v) is 7.24. The van der Waals surface area contributed by atoms with Crippen molar-refractivity contribution in [2.75, 3.05) is 18.5 Å². The van der Waals surface area contributed by atoms with Gasteiger partial charge in [0.15, 0.2) is 11.6 Å². The van der Waals surface area contributed by atoms with Gasteiger partial charge in [0.1, 0.15) is 11.5 Å². The Hall–Kier alpha value is -3.08. The van der Waals surface area contributed by atoms with E-state index in [0.29, 0.717) is 18.8 Å². The van der Waals surface area contributed by atoms with E-state index in [4.69, 9.17) is 9.97 Å². The van der Waals surface area contributed by atoms with Gasteiger partial charge < -0.3 is 4.90 Å². The summed E-state index contributed by atoms with van der Waals surface area (Å²) in [7, 11) is 1.95. The third-order valence-electron chi connectivity index (χ3n) is 5.12. The number of ketones is 1. The Kier molecular flexibility index (Phi) is 5.42. The Labute approximate surface area is 165 Å². The number of carbonyl (C=O) groups excluding carboxylic acids is 1. The van der Waals surface area contributed by atoms with Crippen LogP contribution in [0.3, 0.4) is 0 Å². The second-order valence-electron chi connectivity index (χ2n) is 7.24. The van der Waals surface area contributed by atoms with E-state index in [-0.39, 0.29) is 5.78 Å². The molecule has 0 radical (unpaired) electrons. The van der Waals surface area contributed by atoms with Gasteiger partial charge in [-0.25, -0.2) is 9.97 Å². The van der Waals surface area contributed by atoms with Crippen molar-refractivity contribution in [3.8, 4) is 11.5 Å². The second kappa shape index (κ2) is 8.30. The molecular formula is C23H24N4O. The molecule has 3 aromatic rings. The summed E-state index contributed by atoms with van der Waals surface area (Å²) in [5.74, 6) is 1.73. The zero-order chi connectivity index (χ0) is 19.3. The summed E-state index contributed by atoms with van der Waals surface area (Å²) in [6, 6.07) is 15.9. The standard InChI is InChI=1S/C23H24N4O/c1-27(16-18(28)14-13-17-8-3-2-4-9-17)23-19-10-7-12-20(19)25-22(26-23)21-11-5-6-15-24-21/h2-6,8-9,11,15H,7,10,12-14,16H2,1H3. The lowest BCUT2D eigenvalue weighted by molar-refractivity contribution is -0.117. The van der Waals surface area contributed by atoms with Gasteiger partial charge in [-0.1, -0.05) is 36.4 Å². The fraction of sp³-hybridized carbons (Fsp3) is 0.304. The molecule has 0 atom stereocenters. The highest BCUT2D eigenvalue weighted by atomic mass is 16.1. The highest BCUT2D eigenvalue weighted by molar-refractivity contribution is 5.83. The Morgan fingerprint density at radius 2 is 1.86 bits per heavy atom. The van der Waals surface area contributed by atoms with Crippen molar-refractivity contribution in [3.63, 3.8) is 0 Å². The molecule has 0 N–H and O–H groups in total. The minimum atomic E-state index is 0.219. The SMILES string of the molecule is CN(CC(=O)CCc1ccccc1)c1nc(-c2ccccn2)nc2c1CCC2. The maximum absolute atomic E-state index is 12.6. The molecule has 4 rings (SSSR count). The van der Waals surface area contributed by atoms with E-state index in [2.05, 4.69) is 17.1 Å². The first-order valence-corrected chi connectivity index (χ1v) is 9.78. The number of carbonyl (C=O) groups is 1. The highest BCUT2D eigenvalue weighted by Crippen LogP contribution is 2.30. The number of benzene rings is 1. The lowest BCUT2D eigenvalue weighted by Crippen LogP contribution is -2.28. The lowest BCUT2D eigenvalue weighted by atomic mass is 10.1. The third kappa shape index (κ3) is 4.09. The summed E-state index contributed by atoms with van der Waals surface area (Å²) in [4.78, 5) is 28.4. The number of rotatable bonds is 7. The molecular weight excluding hydrogens is 348 g/mol. The van der Waals surface area contributed by atoms with Crippen molar-refractivity contribution in [1.29, 1.82) is 0 Å². The molecule has 1 aromatic carbocycles. The summed E-state index contributed by atoms with van der Waals surface area (Å²) in [6.07, 6.45) is 6.07. The quantitative estimate of drug-likeness (QED) is 0.633. The van der Waals surface area contributed by atoms with Gasteiger partial charge in [-0.3, -0.25) is 9.78 Å². The molecule has 0 aliphatic heterocycles. The first-order valence-electron chi connectivity index (χ1n) is 9.78. The van der Waals surface area contributed by atoms with E-state index in [0.717, 1.165) is 42.9 Å². The van der Waals surface area contributed by atoms with Crippen LogP contribution in [0.5, 0.6) is 0 Å². The molecule has 28 heavy (non-hydrogen) atoms. The van der Waals surface area contributed by atoms with Crippen molar-refractivity contribution in [3.05, 3.63) is 71.5 Å². The van der Waals surface area contributed by atoms with Crippen LogP contribution >= 0.6 is 0 Å². The first-order chi connectivity index (χ1) is 13.7. The van der Waals surface area contributed by atoms with Crippen molar-refractivity contribution in [2.24, 2.45) is 0 Å². The molecule has 0 amide bonds. The third-order valence-corrected chi connectivity index (χ3v) is 5.12. The molecule has 0 fully saturated rings. The Balaban J connectivity index is 1.51. The minimum absolute atomic E-state index is 0.219. The van der Waals surface area contributed by atoms with Gasteiger partial charge in [0.05, 0.1) is 6.54 Å². The Bertz CT molecular complexity index is 957. The van der Waals surface area contributed by atoms with Gasteiger partial charge in [0.25, 0.3) is 0 Å². The van der Waals surface area contributed by atoms with E-state index in [1.807, 2.05) is 48.3 Å². The van der Waals surface area contributed by atoms with E-state index in [1.54, 1.807) is 6.20 Å². The highest BCUT2D eigenvalue weighted by Gasteiger charge is 2.23. The van der Waals surface area contributed by atoms with Gasteiger partial charge in [0.2, 0.25) is 0 Å². The number of fused-ring (bicyclic) bond motifs is 1. The molecule has 0 saturated carbocycles. The van der Waals surface area contributed by atoms with E-state index >= 15 is 0 Å². The molecule has 1 aliphatic carbocycles. The predicted molar refractivity (Wildman–Crippen MR) is 110 cm³/mol. The number of Topliss-reactive ketones (excluding diaryl/α,β-unsaturated/α-hetero) is 1. The molecule has 1 aliphatic rings. The fourth-order valence-corrected chi connectivity index (χ4v) is 3.68. The largest absolute Gasteiger partial charge is 0.352 e. The first kappa shape index (κ1) is 18.3. The number of pyridine rings is 1. The van der Waals surface area contributed by atoms with Crippen molar-refractivity contribution < 1.29 is 4.79 Å². The number of anilines is 1. The van der Waals surface area contributed by atoms with E-state index in [1.165, 1.54) is 11.1 Å². The van der Waals surface area contributed by atoms with E-state index < -0.39 is 0 Å². The Morgan fingerprint density at radius 3 is 2.64 bits per heavy atom. The van der Waals surface area contributed by atoms with Gasteiger partial charge in [-0.2, -0.15) is 0 Å².